The van der Waals surface area contributed by atoms with Crippen LogP contribution in [-0.2, 0) is 0 Å². The first-order valence-corrected chi connectivity index (χ1v) is 4.36. The van der Waals surface area contributed by atoms with Crippen molar-refractivity contribution in [3.05, 3.63) is 0 Å². The van der Waals surface area contributed by atoms with Gasteiger partial charge in [0.25, 0.3) is 5.96 Å². The number of hydrogen-bond acceptors (Lipinski definition) is 0. The standard InChI is InChI=1S/C8H19N5/c1-5(2)13(6(3)4)8(11)12-7(9)10/h5-6H,1-4H3,(H5,9,10,11,12)/p+1. The second-order valence-corrected chi connectivity index (χ2v) is 3.49. The van der Waals surface area contributed by atoms with Crippen LogP contribution < -0.4 is 17.2 Å². The summed E-state index contributed by atoms with van der Waals surface area (Å²) in [4.78, 5) is 3.81. The third kappa shape index (κ3) is 3.78. The number of aliphatic imine (C=N–C) groups is 1. The van der Waals surface area contributed by atoms with Crippen molar-refractivity contribution in [2.75, 3.05) is 0 Å². The fourth-order valence-corrected chi connectivity index (χ4v) is 1.32. The number of rotatable bonds is 2. The molecule has 5 nitrogen and oxygen atoms in total. The zero-order valence-corrected chi connectivity index (χ0v) is 8.78. The molecule has 0 bridgehead atoms. The monoisotopic (exact) mass is 186 g/mol. The largest absolute Gasteiger partial charge is 0.388 e. The summed E-state index contributed by atoms with van der Waals surface area (Å²) in [5.41, 5.74) is 16.2. The Morgan fingerprint density at radius 1 is 1.00 bits per heavy atom. The molecule has 6 N–H and O–H groups in total. The van der Waals surface area contributed by atoms with E-state index in [0.29, 0.717) is 5.96 Å². The molecule has 0 saturated heterocycles. The lowest BCUT2D eigenvalue weighted by atomic mass is 10.3. The molecule has 0 amide bonds. The van der Waals surface area contributed by atoms with Crippen molar-refractivity contribution in [1.29, 1.82) is 0 Å². The van der Waals surface area contributed by atoms with Crippen LogP contribution in [0.2, 0.25) is 0 Å². The highest BCUT2D eigenvalue weighted by Gasteiger charge is 2.15. The highest BCUT2D eigenvalue weighted by Crippen LogP contribution is 1.96. The van der Waals surface area contributed by atoms with Crippen LogP contribution in [0, 0.1) is 0 Å². The molecule has 76 valence electrons. The maximum Gasteiger partial charge on any atom is 0.388 e. The van der Waals surface area contributed by atoms with E-state index >= 15 is 0 Å². The Morgan fingerprint density at radius 2 is 1.38 bits per heavy atom. The molecular weight excluding hydrogens is 166 g/mol. The van der Waals surface area contributed by atoms with Gasteiger partial charge >= 0.3 is 5.96 Å². The molecule has 0 aliphatic heterocycles. The van der Waals surface area contributed by atoms with Gasteiger partial charge in [0.15, 0.2) is 0 Å². The van der Waals surface area contributed by atoms with Crippen LogP contribution in [-0.4, -0.2) is 28.6 Å². The molecule has 0 rings (SSSR count). The van der Waals surface area contributed by atoms with Crippen LogP contribution in [0.5, 0.6) is 0 Å². The van der Waals surface area contributed by atoms with Gasteiger partial charge in [-0.25, -0.2) is 0 Å². The molecule has 0 aromatic heterocycles. The number of guanidine groups is 2. The van der Waals surface area contributed by atoms with Crippen molar-refractivity contribution in [2.45, 2.75) is 39.8 Å². The predicted molar refractivity (Wildman–Crippen MR) is 55.5 cm³/mol. The molecule has 0 radical (unpaired) electrons. The first-order chi connectivity index (χ1) is 5.86. The second-order valence-electron chi connectivity index (χ2n) is 3.49. The minimum atomic E-state index is -0.0104. The van der Waals surface area contributed by atoms with Gasteiger partial charge in [-0.15, -0.1) is 0 Å². The van der Waals surface area contributed by atoms with E-state index in [9.17, 15) is 0 Å². The van der Waals surface area contributed by atoms with E-state index in [2.05, 4.69) is 4.99 Å². The molecule has 0 aromatic carbocycles. The van der Waals surface area contributed by atoms with Crippen LogP contribution in [0.3, 0.4) is 0 Å². The van der Waals surface area contributed by atoms with Gasteiger partial charge in [0.1, 0.15) is 0 Å². The van der Waals surface area contributed by atoms with E-state index in [1.54, 1.807) is 0 Å². The van der Waals surface area contributed by atoms with E-state index in [1.165, 1.54) is 0 Å². The van der Waals surface area contributed by atoms with Gasteiger partial charge in [0, 0.05) is 0 Å². The van der Waals surface area contributed by atoms with Crippen LogP contribution in [0.1, 0.15) is 27.7 Å². The molecule has 0 spiro atoms. The average Bonchev–Trinajstić information content (AvgIpc) is 1.81. The van der Waals surface area contributed by atoms with Gasteiger partial charge in [-0.2, -0.15) is 0 Å². The van der Waals surface area contributed by atoms with Crippen molar-refractivity contribution in [3.8, 4) is 0 Å². The zero-order chi connectivity index (χ0) is 10.6. The fourth-order valence-electron chi connectivity index (χ4n) is 1.32. The molecule has 0 fully saturated rings. The quantitative estimate of drug-likeness (QED) is 0.305. The Balaban J connectivity index is 4.98. The van der Waals surface area contributed by atoms with Gasteiger partial charge in [-0.3, -0.25) is 10.3 Å². The van der Waals surface area contributed by atoms with E-state index in [4.69, 9.17) is 17.2 Å². The van der Waals surface area contributed by atoms with Gasteiger partial charge in [-0.05, 0) is 32.7 Å². The molecule has 0 aliphatic rings. The van der Waals surface area contributed by atoms with E-state index in [-0.39, 0.29) is 18.0 Å². The molecule has 0 unspecified atom stereocenters. The lowest BCUT2D eigenvalue weighted by Gasteiger charge is -2.16. The van der Waals surface area contributed by atoms with Crippen LogP contribution in [0.4, 0.5) is 0 Å². The van der Waals surface area contributed by atoms with Crippen molar-refractivity contribution >= 4 is 11.9 Å². The maximum atomic E-state index is 5.72. The van der Waals surface area contributed by atoms with Gasteiger partial charge in [-0.1, -0.05) is 0 Å². The normalized spacial score (nSPS) is 10.3. The summed E-state index contributed by atoms with van der Waals surface area (Å²) >= 11 is 0. The summed E-state index contributed by atoms with van der Waals surface area (Å²) in [6.07, 6.45) is 0. The van der Waals surface area contributed by atoms with Crippen molar-refractivity contribution in [3.63, 3.8) is 0 Å². The SMILES string of the molecule is CC(C)[N+](=C(N)N=C(N)N)C(C)C. The van der Waals surface area contributed by atoms with Crippen LogP contribution in [0.15, 0.2) is 4.99 Å². The molecule has 5 heteroatoms. The third-order valence-electron chi connectivity index (χ3n) is 1.62. The first-order valence-electron chi connectivity index (χ1n) is 4.36. The fraction of sp³-hybridized carbons (Fsp3) is 0.750. The molecule has 13 heavy (non-hydrogen) atoms. The number of nitrogens with zero attached hydrogens (tertiary/aromatic N) is 2. The average molecular weight is 186 g/mol. The molecular formula is C8H20N5+. The Labute approximate surface area is 79.3 Å². The van der Waals surface area contributed by atoms with E-state index in [0.717, 1.165) is 0 Å². The highest BCUT2D eigenvalue weighted by atomic mass is 15.2. The second kappa shape index (κ2) is 4.69. The topological polar surface area (TPSA) is 93.4 Å². The Morgan fingerprint density at radius 3 is 1.62 bits per heavy atom. The summed E-state index contributed by atoms with van der Waals surface area (Å²) in [7, 11) is 0. The lowest BCUT2D eigenvalue weighted by Crippen LogP contribution is -2.39. The highest BCUT2D eigenvalue weighted by molar-refractivity contribution is 5.90. The van der Waals surface area contributed by atoms with E-state index < -0.39 is 0 Å². The molecule has 0 aromatic rings. The Kier molecular flexibility index (Phi) is 4.23. The minimum Gasteiger partial charge on any atom is -0.356 e. The summed E-state index contributed by atoms with van der Waals surface area (Å²) in [5, 5.41) is 0. The predicted octanol–water partition coefficient (Wildman–Crippen LogP) is -0.596. The van der Waals surface area contributed by atoms with Crippen molar-refractivity contribution < 1.29 is 4.58 Å². The Bertz CT molecular complexity index is 213. The van der Waals surface area contributed by atoms with Crippen LogP contribution >= 0.6 is 0 Å². The van der Waals surface area contributed by atoms with Gasteiger partial charge in [0.2, 0.25) is 0 Å². The molecule has 0 saturated carbocycles. The molecule has 0 atom stereocenters. The zero-order valence-electron chi connectivity index (χ0n) is 8.78. The smallest absolute Gasteiger partial charge is 0.356 e. The maximum absolute atomic E-state index is 5.72. The molecule has 0 aliphatic carbocycles. The van der Waals surface area contributed by atoms with Gasteiger partial charge < -0.3 is 11.5 Å². The van der Waals surface area contributed by atoms with Crippen molar-refractivity contribution in [1.82, 2.24) is 0 Å². The van der Waals surface area contributed by atoms with E-state index in [1.807, 2.05) is 32.3 Å². The summed E-state index contributed by atoms with van der Waals surface area (Å²) in [6, 6.07) is 0.561. The number of nitrogens with two attached hydrogens (primary N) is 3. The van der Waals surface area contributed by atoms with Gasteiger partial charge in [0.05, 0.1) is 12.1 Å². The van der Waals surface area contributed by atoms with Crippen LogP contribution in [0.25, 0.3) is 0 Å². The minimum absolute atomic E-state index is 0.0104. The summed E-state index contributed by atoms with van der Waals surface area (Å²) < 4.78 is 1.94. The Hall–Kier alpha value is -1.26. The first kappa shape index (κ1) is 11.7. The third-order valence-corrected chi connectivity index (χ3v) is 1.62. The van der Waals surface area contributed by atoms with Crippen molar-refractivity contribution in [2.24, 2.45) is 22.2 Å². The summed E-state index contributed by atoms with van der Waals surface area (Å²) in [6.45, 7) is 8.15. The summed E-state index contributed by atoms with van der Waals surface area (Å²) in [5.74, 6) is 0.355. The molecule has 0 heterocycles. The lowest BCUT2D eigenvalue weighted by molar-refractivity contribution is -0.589. The number of hydrogen-bond donors (Lipinski definition) is 3.